The molecule has 122 valence electrons. The molecule has 0 fully saturated rings. The molecule has 24 heavy (non-hydrogen) atoms. The fourth-order valence-electron chi connectivity index (χ4n) is 2.22. The van der Waals surface area contributed by atoms with Crippen molar-refractivity contribution < 1.29 is 14.3 Å². The van der Waals surface area contributed by atoms with E-state index in [1.165, 1.54) is 0 Å². The number of hydrogen-bond acceptors (Lipinski definition) is 5. The third-order valence-corrected chi connectivity index (χ3v) is 3.73. The SMILES string of the molecule is O=C(CCn1nnc2ccccc21)OCC(=O)c1ccc(Cl)cc1. The van der Waals surface area contributed by atoms with E-state index in [2.05, 4.69) is 10.3 Å². The molecular weight excluding hydrogens is 330 g/mol. The van der Waals surface area contributed by atoms with Crippen molar-refractivity contribution in [2.24, 2.45) is 0 Å². The van der Waals surface area contributed by atoms with Gasteiger partial charge in [0.1, 0.15) is 5.52 Å². The number of aryl methyl sites for hydroxylation is 1. The molecule has 0 aliphatic carbocycles. The molecule has 1 heterocycles. The van der Waals surface area contributed by atoms with Gasteiger partial charge in [-0.2, -0.15) is 0 Å². The van der Waals surface area contributed by atoms with Crippen LogP contribution < -0.4 is 0 Å². The highest BCUT2D eigenvalue weighted by molar-refractivity contribution is 6.30. The third kappa shape index (κ3) is 3.78. The van der Waals surface area contributed by atoms with Crippen molar-refractivity contribution in [1.29, 1.82) is 0 Å². The Bertz CT molecular complexity index is 874. The number of hydrogen-bond donors (Lipinski definition) is 0. The van der Waals surface area contributed by atoms with Crippen LogP contribution in [0.15, 0.2) is 48.5 Å². The molecule has 1 aromatic heterocycles. The molecule has 0 radical (unpaired) electrons. The largest absolute Gasteiger partial charge is 0.457 e. The molecule has 2 aromatic carbocycles. The lowest BCUT2D eigenvalue weighted by Gasteiger charge is -2.05. The minimum atomic E-state index is -0.461. The summed E-state index contributed by atoms with van der Waals surface area (Å²) in [5.41, 5.74) is 2.07. The van der Waals surface area contributed by atoms with Crippen LogP contribution >= 0.6 is 11.6 Å². The molecule has 0 atom stereocenters. The van der Waals surface area contributed by atoms with Crippen LogP contribution in [0.1, 0.15) is 16.8 Å². The standard InChI is InChI=1S/C17H14ClN3O3/c18-13-7-5-12(6-8-13)16(22)11-24-17(23)9-10-21-15-4-2-1-3-14(15)19-20-21/h1-8H,9-11H2. The lowest BCUT2D eigenvalue weighted by molar-refractivity contribution is -0.142. The zero-order valence-electron chi connectivity index (χ0n) is 12.7. The molecule has 3 aromatic rings. The summed E-state index contributed by atoms with van der Waals surface area (Å²) in [6.07, 6.45) is 0.112. The topological polar surface area (TPSA) is 74.1 Å². The van der Waals surface area contributed by atoms with E-state index in [0.717, 1.165) is 11.0 Å². The Morgan fingerprint density at radius 1 is 1.08 bits per heavy atom. The van der Waals surface area contributed by atoms with Gasteiger partial charge in [0.15, 0.2) is 12.4 Å². The Morgan fingerprint density at radius 2 is 1.83 bits per heavy atom. The highest BCUT2D eigenvalue weighted by atomic mass is 35.5. The Balaban J connectivity index is 1.51. The van der Waals surface area contributed by atoms with E-state index in [9.17, 15) is 9.59 Å². The van der Waals surface area contributed by atoms with Crippen LogP contribution in [-0.2, 0) is 16.1 Å². The van der Waals surface area contributed by atoms with Crippen molar-refractivity contribution in [2.45, 2.75) is 13.0 Å². The normalized spacial score (nSPS) is 10.7. The van der Waals surface area contributed by atoms with Gasteiger partial charge in [-0.05, 0) is 36.4 Å². The second-order valence-electron chi connectivity index (χ2n) is 5.14. The van der Waals surface area contributed by atoms with E-state index in [-0.39, 0.29) is 18.8 Å². The summed E-state index contributed by atoms with van der Waals surface area (Å²) < 4.78 is 6.65. The smallest absolute Gasteiger partial charge is 0.308 e. The van der Waals surface area contributed by atoms with Gasteiger partial charge in [-0.3, -0.25) is 9.59 Å². The second-order valence-corrected chi connectivity index (χ2v) is 5.58. The Labute approximate surface area is 143 Å². The number of carbonyl (C=O) groups excluding carboxylic acids is 2. The van der Waals surface area contributed by atoms with Crippen molar-refractivity contribution >= 4 is 34.4 Å². The van der Waals surface area contributed by atoms with Crippen molar-refractivity contribution in [3.8, 4) is 0 Å². The fraction of sp³-hybridized carbons (Fsp3) is 0.176. The van der Waals surface area contributed by atoms with Crippen LogP contribution in [0.3, 0.4) is 0 Å². The molecule has 0 spiro atoms. The highest BCUT2D eigenvalue weighted by Crippen LogP contribution is 2.11. The maximum Gasteiger partial charge on any atom is 0.308 e. The first-order chi connectivity index (χ1) is 11.6. The number of esters is 1. The Kier molecular flexibility index (Phi) is 4.86. The van der Waals surface area contributed by atoms with Gasteiger partial charge in [0, 0.05) is 10.6 Å². The molecule has 0 bridgehead atoms. The summed E-state index contributed by atoms with van der Waals surface area (Å²) in [6, 6.07) is 13.9. The molecule has 6 nitrogen and oxygen atoms in total. The zero-order chi connectivity index (χ0) is 16.9. The lowest BCUT2D eigenvalue weighted by atomic mass is 10.1. The summed E-state index contributed by atoms with van der Waals surface area (Å²) in [7, 11) is 0. The maximum atomic E-state index is 11.9. The van der Waals surface area contributed by atoms with E-state index in [4.69, 9.17) is 16.3 Å². The number of aromatic nitrogens is 3. The van der Waals surface area contributed by atoms with E-state index in [0.29, 0.717) is 17.1 Å². The molecule has 0 aliphatic heterocycles. The van der Waals surface area contributed by atoms with Gasteiger partial charge in [-0.15, -0.1) is 5.10 Å². The molecule has 0 saturated carbocycles. The number of para-hydroxylation sites is 1. The highest BCUT2D eigenvalue weighted by Gasteiger charge is 2.11. The Morgan fingerprint density at radius 3 is 2.62 bits per heavy atom. The van der Waals surface area contributed by atoms with Gasteiger partial charge in [0.05, 0.1) is 18.5 Å². The summed E-state index contributed by atoms with van der Waals surface area (Å²) >= 11 is 5.77. The summed E-state index contributed by atoms with van der Waals surface area (Å²) in [5.74, 6) is -0.733. The third-order valence-electron chi connectivity index (χ3n) is 3.48. The maximum absolute atomic E-state index is 11.9. The van der Waals surface area contributed by atoms with Crippen LogP contribution in [0.2, 0.25) is 5.02 Å². The lowest BCUT2D eigenvalue weighted by Crippen LogP contribution is -2.16. The first-order valence-corrected chi connectivity index (χ1v) is 7.74. The van der Waals surface area contributed by atoms with Gasteiger partial charge in [-0.1, -0.05) is 28.9 Å². The van der Waals surface area contributed by atoms with E-state index < -0.39 is 5.97 Å². The number of Topliss-reactive ketones (excluding diaryl/α,β-unsaturated/α-hetero) is 1. The zero-order valence-corrected chi connectivity index (χ0v) is 13.4. The van der Waals surface area contributed by atoms with Crippen LogP contribution in [-0.4, -0.2) is 33.4 Å². The van der Waals surface area contributed by atoms with Crippen molar-refractivity contribution in [1.82, 2.24) is 15.0 Å². The van der Waals surface area contributed by atoms with Crippen molar-refractivity contribution in [2.75, 3.05) is 6.61 Å². The molecule has 0 amide bonds. The van der Waals surface area contributed by atoms with Crippen molar-refractivity contribution in [3.63, 3.8) is 0 Å². The number of benzene rings is 2. The van der Waals surface area contributed by atoms with E-state index >= 15 is 0 Å². The summed E-state index contributed by atoms with van der Waals surface area (Å²) in [4.78, 5) is 23.7. The first-order valence-electron chi connectivity index (χ1n) is 7.36. The number of ether oxygens (including phenoxy) is 1. The quantitative estimate of drug-likeness (QED) is 0.508. The first kappa shape index (κ1) is 16.1. The molecule has 0 aliphatic rings. The van der Waals surface area contributed by atoms with Crippen LogP contribution in [0, 0.1) is 0 Å². The molecular formula is C17H14ClN3O3. The van der Waals surface area contributed by atoms with Gasteiger partial charge in [0.2, 0.25) is 0 Å². The number of nitrogens with zero attached hydrogens (tertiary/aromatic N) is 3. The number of ketones is 1. The monoisotopic (exact) mass is 343 g/mol. The van der Waals surface area contributed by atoms with E-state index in [1.54, 1.807) is 28.9 Å². The molecule has 0 N–H and O–H groups in total. The van der Waals surface area contributed by atoms with Crippen LogP contribution in [0.5, 0.6) is 0 Å². The van der Waals surface area contributed by atoms with E-state index in [1.807, 2.05) is 24.3 Å². The Hall–Kier alpha value is -2.73. The van der Waals surface area contributed by atoms with Crippen LogP contribution in [0.4, 0.5) is 0 Å². The number of halogens is 1. The average Bonchev–Trinajstić information content (AvgIpc) is 3.01. The molecule has 0 unspecified atom stereocenters. The van der Waals surface area contributed by atoms with Gasteiger partial charge >= 0.3 is 5.97 Å². The van der Waals surface area contributed by atoms with Gasteiger partial charge in [-0.25, -0.2) is 4.68 Å². The van der Waals surface area contributed by atoms with Crippen molar-refractivity contribution in [3.05, 3.63) is 59.1 Å². The summed E-state index contributed by atoms with van der Waals surface area (Å²) in [5, 5.41) is 8.56. The predicted octanol–water partition coefficient (Wildman–Crippen LogP) is 2.90. The fourth-order valence-corrected chi connectivity index (χ4v) is 2.34. The average molecular weight is 344 g/mol. The van der Waals surface area contributed by atoms with Gasteiger partial charge < -0.3 is 4.74 Å². The number of fused-ring (bicyclic) bond motifs is 1. The second kappa shape index (κ2) is 7.23. The number of rotatable bonds is 6. The summed E-state index contributed by atoms with van der Waals surface area (Å²) in [6.45, 7) is 0.0487. The molecule has 3 rings (SSSR count). The predicted molar refractivity (Wildman–Crippen MR) is 88.9 cm³/mol. The number of carbonyl (C=O) groups is 2. The molecule has 0 saturated heterocycles. The van der Waals surface area contributed by atoms with Crippen LogP contribution in [0.25, 0.3) is 11.0 Å². The van der Waals surface area contributed by atoms with Gasteiger partial charge in [0.25, 0.3) is 0 Å². The minimum Gasteiger partial charge on any atom is -0.457 e. The molecule has 7 heteroatoms. The minimum absolute atomic E-state index is 0.112.